The van der Waals surface area contributed by atoms with E-state index in [1.54, 1.807) is 18.2 Å². The summed E-state index contributed by atoms with van der Waals surface area (Å²) in [6.45, 7) is 1.92. The maximum atomic E-state index is 12.9. The van der Waals surface area contributed by atoms with E-state index in [1.165, 1.54) is 12.1 Å². The Morgan fingerprint density at radius 2 is 1.86 bits per heavy atom. The molecule has 0 heterocycles. The number of benzene rings is 2. The van der Waals surface area contributed by atoms with Gasteiger partial charge in [-0.05, 0) is 65.2 Å². The van der Waals surface area contributed by atoms with Crippen molar-refractivity contribution < 1.29 is 9.18 Å². The Hall–Kier alpha value is -1.20. The number of hydrogen-bond donors (Lipinski definition) is 1. The summed E-state index contributed by atoms with van der Waals surface area (Å²) in [6.07, 6.45) is 0.650. The first-order valence-corrected chi connectivity index (χ1v) is 8.04. The largest absolute Gasteiger partial charge is 0.349 e. The molecule has 0 aromatic heterocycles. The second-order valence-electron chi connectivity index (χ2n) is 4.83. The van der Waals surface area contributed by atoms with Crippen molar-refractivity contribution >= 4 is 37.8 Å². The van der Waals surface area contributed by atoms with Crippen LogP contribution in [0.1, 0.15) is 22.8 Å². The molecule has 0 aliphatic heterocycles. The number of halogens is 3. The minimum Gasteiger partial charge on any atom is -0.349 e. The van der Waals surface area contributed by atoms with Crippen LogP contribution >= 0.6 is 31.9 Å². The molecule has 1 N–H and O–H groups in total. The molecule has 0 fully saturated rings. The molecule has 110 valence electrons. The first kappa shape index (κ1) is 16.2. The SMILES string of the molecule is CC(Cc1ccc(F)cc1)NC(=O)c1cc(Br)ccc1Br. The molecule has 0 radical (unpaired) electrons. The zero-order valence-electron chi connectivity index (χ0n) is 11.4. The van der Waals surface area contributed by atoms with E-state index in [9.17, 15) is 9.18 Å². The summed E-state index contributed by atoms with van der Waals surface area (Å²) < 4.78 is 14.5. The van der Waals surface area contributed by atoms with Gasteiger partial charge in [0, 0.05) is 15.0 Å². The number of amides is 1. The molecule has 21 heavy (non-hydrogen) atoms. The van der Waals surface area contributed by atoms with Crippen molar-refractivity contribution in [3.05, 3.63) is 68.4 Å². The predicted molar refractivity (Wildman–Crippen MR) is 88.9 cm³/mol. The summed E-state index contributed by atoms with van der Waals surface area (Å²) in [4.78, 5) is 12.3. The van der Waals surface area contributed by atoms with Gasteiger partial charge in [0.05, 0.1) is 5.56 Å². The second kappa shape index (κ2) is 7.18. The monoisotopic (exact) mass is 413 g/mol. The number of rotatable bonds is 4. The van der Waals surface area contributed by atoms with E-state index >= 15 is 0 Å². The van der Waals surface area contributed by atoms with Crippen molar-refractivity contribution in [3.8, 4) is 0 Å². The van der Waals surface area contributed by atoms with Crippen LogP contribution in [0.4, 0.5) is 4.39 Å². The molecular weight excluding hydrogens is 401 g/mol. The molecule has 0 bridgehead atoms. The van der Waals surface area contributed by atoms with E-state index in [0.29, 0.717) is 12.0 Å². The molecule has 2 nitrogen and oxygen atoms in total. The molecule has 0 saturated carbocycles. The van der Waals surface area contributed by atoms with Crippen molar-refractivity contribution in [2.75, 3.05) is 0 Å². The fourth-order valence-electron chi connectivity index (χ4n) is 2.00. The zero-order valence-corrected chi connectivity index (χ0v) is 14.5. The summed E-state index contributed by atoms with van der Waals surface area (Å²) in [6, 6.07) is 11.7. The zero-order chi connectivity index (χ0) is 15.4. The van der Waals surface area contributed by atoms with Crippen molar-refractivity contribution in [2.24, 2.45) is 0 Å². The average Bonchev–Trinajstić information content (AvgIpc) is 2.44. The molecule has 0 aliphatic carbocycles. The Labute approximate surface area is 140 Å². The summed E-state index contributed by atoms with van der Waals surface area (Å²) in [7, 11) is 0. The first-order valence-electron chi connectivity index (χ1n) is 6.46. The average molecular weight is 415 g/mol. The summed E-state index contributed by atoms with van der Waals surface area (Å²) >= 11 is 6.73. The molecule has 1 unspecified atom stereocenters. The van der Waals surface area contributed by atoms with Crippen LogP contribution in [0.15, 0.2) is 51.4 Å². The van der Waals surface area contributed by atoms with Gasteiger partial charge in [-0.1, -0.05) is 28.1 Å². The van der Waals surface area contributed by atoms with E-state index in [2.05, 4.69) is 37.2 Å². The number of carbonyl (C=O) groups is 1. The van der Waals surface area contributed by atoms with Gasteiger partial charge in [0.25, 0.3) is 5.91 Å². The van der Waals surface area contributed by atoms with Crippen molar-refractivity contribution in [2.45, 2.75) is 19.4 Å². The Morgan fingerprint density at radius 3 is 2.52 bits per heavy atom. The van der Waals surface area contributed by atoms with Gasteiger partial charge < -0.3 is 5.32 Å². The summed E-state index contributed by atoms with van der Waals surface area (Å²) in [5, 5.41) is 2.94. The van der Waals surface area contributed by atoms with Crippen LogP contribution < -0.4 is 5.32 Å². The minimum atomic E-state index is -0.256. The lowest BCUT2D eigenvalue weighted by Gasteiger charge is -2.15. The standard InChI is InChI=1S/C16H14Br2FNO/c1-10(8-11-2-5-13(19)6-3-11)20-16(21)14-9-12(17)4-7-15(14)18/h2-7,9-10H,8H2,1H3,(H,20,21). The maximum Gasteiger partial charge on any atom is 0.252 e. The van der Waals surface area contributed by atoms with E-state index in [1.807, 2.05) is 19.1 Å². The van der Waals surface area contributed by atoms with Gasteiger partial charge in [-0.15, -0.1) is 0 Å². The number of nitrogens with one attached hydrogen (secondary N) is 1. The fourth-order valence-corrected chi connectivity index (χ4v) is 2.79. The molecule has 0 aliphatic rings. The molecular formula is C16H14Br2FNO. The van der Waals surface area contributed by atoms with Gasteiger partial charge in [0.15, 0.2) is 0 Å². The van der Waals surface area contributed by atoms with Crippen molar-refractivity contribution in [1.29, 1.82) is 0 Å². The molecule has 5 heteroatoms. The third-order valence-corrected chi connectivity index (χ3v) is 4.19. The first-order chi connectivity index (χ1) is 9.95. The van der Waals surface area contributed by atoms with E-state index in [0.717, 1.165) is 14.5 Å². The summed E-state index contributed by atoms with van der Waals surface area (Å²) in [5.41, 5.74) is 1.56. The molecule has 2 rings (SSSR count). The highest BCUT2D eigenvalue weighted by atomic mass is 79.9. The molecule has 0 spiro atoms. The highest BCUT2D eigenvalue weighted by Gasteiger charge is 2.13. The third-order valence-electron chi connectivity index (χ3n) is 3.01. The van der Waals surface area contributed by atoms with Crippen LogP contribution in [-0.4, -0.2) is 11.9 Å². The summed E-state index contributed by atoms with van der Waals surface area (Å²) in [5.74, 6) is -0.397. The van der Waals surface area contributed by atoms with Crippen LogP contribution in [0.2, 0.25) is 0 Å². The highest BCUT2D eigenvalue weighted by Crippen LogP contribution is 2.21. The van der Waals surface area contributed by atoms with Crippen LogP contribution in [0, 0.1) is 5.82 Å². The van der Waals surface area contributed by atoms with Crippen LogP contribution in [0.5, 0.6) is 0 Å². The highest BCUT2D eigenvalue weighted by molar-refractivity contribution is 9.11. The Balaban J connectivity index is 2.01. The maximum absolute atomic E-state index is 12.9. The van der Waals surface area contributed by atoms with E-state index in [-0.39, 0.29) is 17.8 Å². The van der Waals surface area contributed by atoms with E-state index in [4.69, 9.17) is 0 Å². The van der Waals surface area contributed by atoms with Gasteiger partial charge in [-0.2, -0.15) is 0 Å². The van der Waals surface area contributed by atoms with Crippen LogP contribution in [0.3, 0.4) is 0 Å². The Morgan fingerprint density at radius 1 is 1.19 bits per heavy atom. The molecule has 0 saturated heterocycles. The van der Waals surface area contributed by atoms with Gasteiger partial charge in [-0.25, -0.2) is 4.39 Å². The second-order valence-corrected chi connectivity index (χ2v) is 6.60. The molecule has 1 amide bonds. The topological polar surface area (TPSA) is 29.1 Å². The van der Waals surface area contributed by atoms with Gasteiger partial charge in [0.2, 0.25) is 0 Å². The lowest BCUT2D eigenvalue weighted by molar-refractivity contribution is 0.0939. The van der Waals surface area contributed by atoms with Crippen LogP contribution in [0.25, 0.3) is 0 Å². The van der Waals surface area contributed by atoms with E-state index < -0.39 is 0 Å². The Bertz CT molecular complexity index is 643. The predicted octanol–water partition coefficient (Wildman–Crippen LogP) is 4.71. The lowest BCUT2D eigenvalue weighted by Crippen LogP contribution is -2.34. The Kier molecular flexibility index (Phi) is 5.53. The number of hydrogen-bond acceptors (Lipinski definition) is 1. The normalized spacial score (nSPS) is 12.0. The lowest BCUT2D eigenvalue weighted by atomic mass is 10.1. The minimum absolute atomic E-state index is 0.0474. The van der Waals surface area contributed by atoms with Crippen molar-refractivity contribution in [1.82, 2.24) is 5.32 Å². The van der Waals surface area contributed by atoms with Gasteiger partial charge in [-0.3, -0.25) is 4.79 Å². The molecule has 2 aromatic carbocycles. The van der Waals surface area contributed by atoms with Gasteiger partial charge >= 0.3 is 0 Å². The quantitative estimate of drug-likeness (QED) is 0.770. The number of carbonyl (C=O) groups excluding carboxylic acids is 1. The smallest absolute Gasteiger partial charge is 0.252 e. The third kappa shape index (κ3) is 4.64. The van der Waals surface area contributed by atoms with Crippen LogP contribution in [-0.2, 0) is 6.42 Å². The van der Waals surface area contributed by atoms with Crippen molar-refractivity contribution in [3.63, 3.8) is 0 Å². The fraction of sp³-hybridized carbons (Fsp3) is 0.188. The van der Waals surface area contributed by atoms with Gasteiger partial charge in [0.1, 0.15) is 5.82 Å². The molecule has 2 aromatic rings. The molecule has 1 atom stereocenters.